The number of carbonyl (C=O) groups is 1. The Bertz CT molecular complexity index is 958. The van der Waals surface area contributed by atoms with E-state index < -0.39 is 16.1 Å². The van der Waals surface area contributed by atoms with E-state index in [-0.39, 0.29) is 5.91 Å². The van der Waals surface area contributed by atoms with Crippen LogP contribution in [0.3, 0.4) is 0 Å². The van der Waals surface area contributed by atoms with Gasteiger partial charge in [0.15, 0.2) is 6.10 Å². The Hall–Kier alpha value is -2.74. The smallest absolute Gasteiger partial charge is 0.261 e. The summed E-state index contributed by atoms with van der Waals surface area (Å²) in [6, 6.07) is 12.6. The second-order valence-corrected chi connectivity index (χ2v) is 9.16. The Morgan fingerprint density at radius 3 is 2.40 bits per heavy atom. The molecule has 8 heteroatoms. The van der Waals surface area contributed by atoms with Crippen LogP contribution in [-0.2, 0) is 14.8 Å². The molecule has 0 unspecified atom stereocenters. The van der Waals surface area contributed by atoms with Gasteiger partial charge in [0.1, 0.15) is 18.1 Å². The zero-order chi connectivity index (χ0) is 22.3. The molecule has 1 N–H and O–H groups in total. The van der Waals surface area contributed by atoms with Crippen LogP contribution in [0.5, 0.6) is 11.5 Å². The highest BCUT2D eigenvalue weighted by Crippen LogP contribution is 2.22. The first kappa shape index (κ1) is 23.5. The molecule has 1 amide bonds. The summed E-state index contributed by atoms with van der Waals surface area (Å²) in [4.78, 5) is 12.4. The van der Waals surface area contributed by atoms with Gasteiger partial charge in [0, 0.05) is 7.05 Å². The van der Waals surface area contributed by atoms with E-state index in [4.69, 9.17) is 9.47 Å². The van der Waals surface area contributed by atoms with E-state index >= 15 is 0 Å². The van der Waals surface area contributed by atoms with E-state index in [0.29, 0.717) is 31.0 Å². The Kier molecular flexibility index (Phi) is 8.11. The Labute approximate surface area is 179 Å². The molecule has 0 bridgehead atoms. The SMILES string of the molecule is CC[C@@H](Oc1ccc(N(C)S(C)(=O)=O)cc1)C(=O)NCCOc1cc(C)ccc1C. The summed E-state index contributed by atoms with van der Waals surface area (Å²) in [5.41, 5.74) is 2.69. The van der Waals surface area contributed by atoms with E-state index in [1.165, 1.54) is 11.4 Å². The number of nitrogens with zero attached hydrogens (tertiary/aromatic N) is 1. The number of hydrogen-bond acceptors (Lipinski definition) is 5. The summed E-state index contributed by atoms with van der Waals surface area (Å²) in [6.07, 6.45) is 0.984. The fourth-order valence-electron chi connectivity index (χ4n) is 2.72. The standard InChI is InChI=1S/C22H30N2O5S/c1-6-20(29-19-11-9-18(10-12-19)24(4)30(5,26)27)22(25)23-13-14-28-21-15-16(2)7-8-17(21)3/h7-12,15,20H,6,13-14H2,1-5H3,(H,23,25)/t20-/m1/s1. The maximum Gasteiger partial charge on any atom is 0.261 e. The van der Waals surface area contributed by atoms with Gasteiger partial charge in [-0.2, -0.15) is 0 Å². The molecule has 164 valence electrons. The number of aryl methyl sites for hydroxylation is 2. The monoisotopic (exact) mass is 434 g/mol. The van der Waals surface area contributed by atoms with Gasteiger partial charge in [0.25, 0.3) is 5.91 Å². The summed E-state index contributed by atoms with van der Waals surface area (Å²) in [6.45, 7) is 6.57. The lowest BCUT2D eigenvalue weighted by Crippen LogP contribution is -2.39. The number of nitrogens with one attached hydrogen (secondary N) is 1. The first-order chi connectivity index (χ1) is 14.1. The molecule has 2 aromatic carbocycles. The second-order valence-electron chi connectivity index (χ2n) is 7.15. The predicted octanol–water partition coefficient (Wildman–Crippen LogP) is 3.05. The van der Waals surface area contributed by atoms with Crippen LogP contribution < -0.4 is 19.1 Å². The quantitative estimate of drug-likeness (QED) is 0.581. The molecule has 2 rings (SSSR count). The first-order valence-corrected chi connectivity index (χ1v) is 11.6. The Morgan fingerprint density at radius 1 is 1.13 bits per heavy atom. The number of hydrogen-bond donors (Lipinski definition) is 1. The number of carbonyl (C=O) groups excluding carboxylic acids is 1. The Morgan fingerprint density at radius 2 is 1.80 bits per heavy atom. The molecule has 0 aliphatic rings. The highest BCUT2D eigenvalue weighted by Gasteiger charge is 2.18. The topological polar surface area (TPSA) is 84.9 Å². The van der Waals surface area contributed by atoms with Gasteiger partial charge >= 0.3 is 0 Å². The zero-order valence-corrected chi connectivity index (χ0v) is 19.0. The molecule has 0 aliphatic heterocycles. The lowest BCUT2D eigenvalue weighted by atomic mass is 10.1. The van der Waals surface area contributed by atoms with Crippen molar-refractivity contribution in [3.63, 3.8) is 0 Å². The lowest BCUT2D eigenvalue weighted by Gasteiger charge is -2.19. The van der Waals surface area contributed by atoms with Crippen LogP contribution in [0, 0.1) is 13.8 Å². The third-order valence-corrected chi connectivity index (χ3v) is 5.85. The summed E-state index contributed by atoms with van der Waals surface area (Å²) >= 11 is 0. The van der Waals surface area contributed by atoms with E-state index in [0.717, 1.165) is 23.1 Å². The van der Waals surface area contributed by atoms with Crippen LogP contribution >= 0.6 is 0 Å². The molecule has 0 fully saturated rings. The van der Waals surface area contributed by atoms with E-state index in [9.17, 15) is 13.2 Å². The van der Waals surface area contributed by atoms with E-state index in [1.807, 2.05) is 39.0 Å². The first-order valence-electron chi connectivity index (χ1n) is 9.80. The fourth-order valence-corrected chi connectivity index (χ4v) is 3.23. The number of ether oxygens (including phenoxy) is 2. The molecular formula is C22H30N2O5S. The zero-order valence-electron chi connectivity index (χ0n) is 18.1. The average Bonchev–Trinajstić information content (AvgIpc) is 2.70. The third-order valence-electron chi connectivity index (χ3n) is 4.64. The van der Waals surface area contributed by atoms with Gasteiger partial charge in [-0.1, -0.05) is 19.1 Å². The number of benzene rings is 2. The lowest BCUT2D eigenvalue weighted by molar-refractivity contribution is -0.128. The van der Waals surface area contributed by atoms with Crippen LogP contribution in [0.2, 0.25) is 0 Å². The maximum absolute atomic E-state index is 12.4. The van der Waals surface area contributed by atoms with E-state index in [1.54, 1.807) is 24.3 Å². The highest BCUT2D eigenvalue weighted by atomic mass is 32.2. The minimum absolute atomic E-state index is 0.223. The molecule has 2 aromatic rings. The number of anilines is 1. The molecule has 0 aliphatic carbocycles. The van der Waals surface area contributed by atoms with Gasteiger partial charge in [-0.15, -0.1) is 0 Å². The van der Waals surface area contributed by atoms with Gasteiger partial charge in [0.05, 0.1) is 18.5 Å². The van der Waals surface area contributed by atoms with Gasteiger partial charge in [0.2, 0.25) is 10.0 Å². The molecule has 0 spiro atoms. The minimum Gasteiger partial charge on any atom is -0.491 e. The van der Waals surface area contributed by atoms with Crippen LogP contribution in [0.15, 0.2) is 42.5 Å². The van der Waals surface area contributed by atoms with Crippen molar-refractivity contribution in [2.45, 2.75) is 33.3 Å². The summed E-state index contributed by atoms with van der Waals surface area (Å²) in [5, 5.41) is 2.83. The molecule has 30 heavy (non-hydrogen) atoms. The van der Waals surface area contributed by atoms with Gasteiger partial charge in [-0.05, 0) is 61.7 Å². The number of sulfonamides is 1. The van der Waals surface area contributed by atoms with Crippen LogP contribution in [-0.4, -0.2) is 46.9 Å². The largest absolute Gasteiger partial charge is 0.491 e. The van der Waals surface area contributed by atoms with Crippen molar-refractivity contribution in [2.75, 3.05) is 30.8 Å². The van der Waals surface area contributed by atoms with Crippen molar-refractivity contribution in [1.29, 1.82) is 0 Å². The van der Waals surface area contributed by atoms with Crippen molar-refractivity contribution >= 4 is 21.6 Å². The van der Waals surface area contributed by atoms with Crippen molar-refractivity contribution < 1.29 is 22.7 Å². The molecule has 0 saturated carbocycles. The van der Waals surface area contributed by atoms with Crippen LogP contribution in [0.4, 0.5) is 5.69 Å². The number of amides is 1. The third kappa shape index (κ3) is 6.66. The normalized spacial score (nSPS) is 12.2. The van der Waals surface area contributed by atoms with Crippen molar-refractivity contribution in [3.05, 3.63) is 53.6 Å². The highest BCUT2D eigenvalue weighted by molar-refractivity contribution is 7.92. The molecule has 0 aromatic heterocycles. The van der Waals surface area contributed by atoms with Crippen molar-refractivity contribution in [2.24, 2.45) is 0 Å². The maximum atomic E-state index is 12.4. The molecular weight excluding hydrogens is 404 g/mol. The predicted molar refractivity (Wildman–Crippen MR) is 119 cm³/mol. The summed E-state index contributed by atoms with van der Waals surface area (Å²) in [5.74, 6) is 1.08. The van der Waals surface area contributed by atoms with Gasteiger partial charge in [-0.25, -0.2) is 8.42 Å². The molecule has 0 heterocycles. The molecule has 1 atom stereocenters. The second kappa shape index (κ2) is 10.3. The van der Waals surface area contributed by atoms with E-state index in [2.05, 4.69) is 5.32 Å². The Balaban J connectivity index is 1.86. The molecule has 0 radical (unpaired) electrons. The average molecular weight is 435 g/mol. The van der Waals surface area contributed by atoms with Gasteiger partial charge < -0.3 is 14.8 Å². The van der Waals surface area contributed by atoms with Crippen molar-refractivity contribution in [1.82, 2.24) is 5.32 Å². The van der Waals surface area contributed by atoms with Crippen LogP contribution in [0.1, 0.15) is 24.5 Å². The van der Waals surface area contributed by atoms with Gasteiger partial charge in [-0.3, -0.25) is 9.10 Å². The fraction of sp³-hybridized carbons (Fsp3) is 0.409. The van der Waals surface area contributed by atoms with Crippen LogP contribution in [0.25, 0.3) is 0 Å². The summed E-state index contributed by atoms with van der Waals surface area (Å²) in [7, 11) is -1.85. The molecule has 0 saturated heterocycles. The van der Waals surface area contributed by atoms with Crippen molar-refractivity contribution in [3.8, 4) is 11.5 Å². The minimum atomic E-state index is -3.33. The number of rotatable bonds is 10. The summed E-state index contributed by atoms with van der Waals surface area (Å²) < 4.78 is 35.9. The molecule has 7 nitrogen and oxygen atoms in total.